The quantitative estimate of drug-likeness (QED) is 0.586. The average Bonchev–Trinajstić information content (AvgIpc) is 3.32. The number of aromatic nitrogens is 1. The maximum Gasteiger partial charge on any atom is 0.355 e. The topological polar surface area (TPSA) is 131 Å². The van der Waals surface area contributed by atoms with Crippen LogP contribution in [0.15, 0.2) is 22.8 Å². The van der Waals surface area contributed by atoms with Crippen molar-refractivity contribution in [3.63, 3.8) is 0 Å². The fourth-order valence-corrected chi connectivity index (χ4v) is 2.73. The Bertz CT molecular complexity index is 915. The van der Waals surface area contributed by atoms with Gasteiger partial charge in [-0.15, -0.1) is 0 Å². The molecule has 0 atom stereocenters. The molecule has 0 aliphatic rings. The molecule has 0 saturated carbocycles. The molecule has 0 radical (unpaired) electrons. The van der Waals surface area contributed by atoms with Gasteiger partial charge >= 0.3 is 11.9 Å². The Morgan fingerprint density at radius 1 is 1.17 bits per heavy atom. The predicted molar refractivity (Wildman–Crippen MR) is 105 cm³/mol. The van der Waals surface area contributed by atoms with Crippen LogP contribution in [0.3, 0.4) is 0 Å². The van der Waals surface area contributed by atoms with Gasteiger partial charge in [0.25, 0.3) is 5.91 Å². The monoisotopic (exact) mass is 419 g/mol. The molecule has 0 aliphatic heterocycles. The van der Waals surface area contributed by atoms with E-state index in [9.17, 15) is 19.2 Å². The van der Waals surface area contributed by atoms with Crippen LogP contribution in [-0.4, -0.2) is 60.4 Å². The minimum atomic E-state index is -0.749. The predicted octanol–water partition coefficient (Wildman–Crippen LogP) is 1.33. The first-order valence-corrected chi connectivity index (χ1v) is 9.31. The van der Waals surface area contributed by atoms with Crippen molar-refractivity contribution >= 4 is 23.8 Å². The third-order valence-electron chi connectivity index (χ3n) is 4.29. The zero-order valence-corrected chi connectivity index (χ0v) is 17.4. The van der Waals surface area contributed by atoms with Gasteiger partial charge in [0, 0.05) is 12.7 Å². The third kappa shape index (κ3) is 5.72. The summed E-state index contributed by atoms with van der Waals surface area (Å²) in [7, 11) is 1.42. The summed E-state index contributed by atoms with van der Waals surface area (Å²) < 4.78 is 15.1. The highest BCUT2D eigenvalue weighted by Crippen LogP contribution is 2.19. The molecule has 0 spiro atoms. The number of nitrogens with zero attached hydrogens (tertiary/aromatic N) is 1. The number of ether oxygens (including phenoxy) is 2. The van der Waals surface area contributed by atoms with Gasteiger partial charge in [-0.25, -0.2) is 9.59 Å². The average molecular weight is 419 g/mol. The summed E-state index contributed by atoms with van der Waals surface area (Å²) in [4.78, 5) is 52.4. The molecule has 2 rings (SSSR count). The fourth-order valence-electron chi connectivity index (χ4n) is 2.73. The molecular formula is C20H25N3O7. The lowest BCUT2D eigenvalue weighted by Crippen LogP contribution is -2.39. The first-order valence-electron chi connectivity index (χ1n) is 9.31. The lowest BCUT2D eigenvalue weighted by Gasteiger charge is -2.16. The largest absolute Gasteiger partial charge is 0.467 e. The standard InChI is InChI=1S/C20H25N3O7/c1-5-28-20(27)18-12(2)17(13(3)22-18)19(26)30-11-16(25)23(4)10-15(24)21-9-14-7-6-8-29-14/h6-8,22H,5,9-11H2,1-4H3,(H,21,24). The van der Waals surface area contributed by atoms with Gasteiger partial charge in [0.15, 0.2) is 6.61 Å². The summed E-state index contributed by atoms with van der Waals surface area (Å²) in [5.41, 5.74) is 1.15. The number of hydrogen-bond donors (Lipinski definition) is 2. The minimum Gasteiger partial charge on any atom is -0.467 e. The van der Waals surface area contributed by atoms with E-state index in [1.807, 2.05) is 0 Å². The van der Waals surface area contributed by atoms with Crippen molar-refractivity contribution in [2.45, 2.75) is 27.3 Å². The van der Waals surface area contributed by atoms with Crippen molar-refractivity contribution in [3.05, 3.63) is 46.7 Å². The molecular weight excluding hydrogens is 394 g/mol. The summed E-state index contributed by atoms with van der Waals surface area (Å²) in [6, 6.07) is 3.42. The Labute approximate surface area is 173 Å². The molecule has 0 saturated heterocycles. The minimum absolute atomic E-state index is 0.165. The fraction of sp³-hybridized carbons (Fsp3) is 0.400. The molecule has 0 fully saturated rings. The molecule has 2 heterocycles. The lowest BCUT2D eigenvalue weighted by molar-refractivity contribution is -0.137. The number of amides is 2. The van der Waals surface area contributed by atoms with Crippen LogP contribution in [-0.2, 0) is 25.6 Å². The molecule has 0 aliphatic carbocycles. The number of likely N-dealkylation sites (N-methyl/N-ethyl adjacent to an activating group) is 1. The number of hydrogen-bond acceptors (Lipinski definition) is 7. The molecule has 0 bridgehead atoms. The maximum atomic E-state index is 12.4. The van der Waals surface area contributed by atoms with Gasteiger partial charge in [-0.1, -0.05) is 0 Å². The molecule has 2 amide bonds. The summed E-state index contributed by atoms with van der Waals surface area (Å²) in [5.74, 6) is -1.67. The van der Waals surface area contributed by atoms with E-state index in [-0.39, 0.29) is 36.9 Å². The first-order chi connectivity index (χ1) is 14.2. The SMILES string of the molecule is CCOC(=O)c1[nH]c(C)c(C(=O)OCC(=O)N(C)CC(=O)NCc2ccco2)c1C. The molecule has 2 N–H and O–H groups in total. The maximum absolute atomic E-state index is 12.4. The molecule has 0 unspecified atom stereocenters. The van der Waals surface area contributed by atoms with E-state index >= 15 is 0 Å². The second kappa shape index (κ2) is 10.3. The Kier molecular flexibility index (Phi) is 7.79. The highest BCUT2D eigenvalue weighted by atomic mass is 16.5. The van der Waals surface area contributed by atoms with Gasteiger partial charge in [-0.2, -0.15) is 0 Å². The number of nitrogens with one attached hydrogen (secondary N) is 2. The third-order valence-corrected chi connectivity index (χ3v) is 4.29. The number of H-pyrrole nitrogens is 1. The molecule has 0 aromatic carbocycles. The van der Waals surface area contributed by atoms with Crippen LogP contribution in [0.2, 0.25) is 0 Å². The lowest BCUT2D eigenvalue weighted by atomic mass is 10.1. The molecule has 2 aromatic rings. The van der Waals surface area contributed by atoms with E-state index in [4.69, 9.17) is 13.9 Å². The van der Waals surface area contributed by atoms with Crippen LogP contribution in [0.4, 0.5) is 0 Å². The Morgan fingerprint density at radius 2 is 1.90 bits per heavy atom. The number of furan rings is 1. The summed E-state index contributed by atoms with van der Waals surface area (Å²) in [5, 5.41) is 2.62. The highest BCUT2D eigenvalue weighted by molar-refractivity contribution is 5.99. The highest BCUT2D eigenvalue weighted by Gasteiger charge is 2.25. The van der Waals surface area contributed by atoms with E-state index in [1.165, 1.54) is 13.3 Å². The number of carbonyl (C=O) groups is 4. The summed E-state index contributed by atoms with van der Waals surface area (Å²) in [6.45, 7) is 4.54. The van der Waals surface area contributed by atoms with Crippen LogP contribution < -0.4 is 5.32 Å². The molecule has 10 heteroatoms. The normalized spacial score (nSPS) is 10.4. The zero-order valence-electron chi connectivity index (χ0n) is 17.4. The van der Waals surface area contributed by atoms with Crippen molar-refractivity contribution in [1.29, 1.82) is 0 Å². The first kappa shape index (κ1) is 22.7. The summed E-state index contributed by atoms with van der Waals surface area (Å²) in [6.07, 6.45) is 1.50. The number of carbonyl (C=O) groups excluding carboxylic acids is 4. The van der Waals surface area contributed by atoms with Crippen molar-refractivity contribution in [1.82, 2.24) is 15.2 Å². The van der Waals surface area contributed by atoms with Crippen LogP contribution >= 0.6 is 0 Å². The Balaban J connectivity index is 1.87. The number of aryl methyl sites for hydroxylation is 1. The van der Waals surface area contributed by atoms with Gasteiger partial charge in [0.1, 0.15) is 11.5 Å². The smallest absolute Gasteiger partial charge is 0.355 e. The van der Waals surface area contributed by atoms with Crippen LogP contribution in [0.1, 0.15) is 44.8 Å². The second-order valence-electron chi connectivity index (χ2n) is 6.53. The van der Waals surface area contributed by atoms with Gasteiger partial charge in [0.2, 0.25) is 5.91 Å². The second-order valence-corrected chi connectivity index (χ2v) is 6.53. The van der Waals surface area contributed by atoms with Crippen molar-refractivity contribution in [2.75, 3.05) is 26.8 Å². The summed E-state index contributed by atoms with van der Waals surface area (Å²) >= 11 is 0. The van der Waals surface area contributed by atoms with Crippen LogP contribution in [0.25, 0.3) is 0 Å². The van der Waals surface area contributed by atoms with Crippen molar-refractivity contribution < 1.29 is 33.1 Å². The molecule has 162 valence electrons. The van der Waals surface area contributed by atoms with E-state index in [1.54, 1.807) is 32.9 Å². The van der Waals surface area contributed by atoms with E-state index in [2.05, 4.69) is 10.3 Å². The van der Waals surface area contributed by atoms with Crippen LogP contribution in [0.5, 0.6) is 0 Å². The number of aromatic amines is 1. The molecule has 10 nitrogen and oxygen atoms in total. The number of rotatable bonds is 9. The zero-order chi connectivity index (χ0) is 22.3. The van der Waals surface area contributed by atoms with Gasteiger partial charge in [0.05, 0.1) is 31.5 Å². The Hall–Kier alpha value is -3.56. The van der Waals surface area contributed by atoms with Gasteiger partial charge in [-0.05, 0) is 38.5 Å². The van der Waals surface area contributed by atoms with Gasteiger partial charge < -0.3 is 29.1 Å². The van der Waals surface area contributed by atoms with Gasteiger partial charge in [-0.3, -0.25) is 9.59 Å². The molecule has 2 aromatic heterocycles. The van der Waals surface area contributed by atoms with Crippen molar-refractivity contribution in [3.8, 4) is 0 Å². The van der Waals surface area contributed by atoms with Crippen LogP contribution in [0, 0.1) is 13.8 Å². The van der Waals surface area contributed by atoms with Crippen molar-refractivity contribution in [2.24, 2.45) is 0 Å². The number of esters is 2. The van der Waals surface area contributed by atoms with E-state index < -0.39 is 24.5 Å². The van der Waals surface area contributed by atoms with E-state index in [0.717, 1.165) is 4.90 Å². The molecule has 30 heavy (non-hydrogen) atoms. The van der Waals surface area contributed by atoms with E-state index in [0.29, 0.717) is 17.0 Å². The Morgan fingerprint density at radius 3 is 2.53 bits per heavy atom.